The van der Waals surface area contributed by atoms with Crippen LogP contribution in [-0.2, 0) is 9.47 Å². The number of para-hydroxylation sites is 1. The second-order valence-electron chi connectivity index (χ2n) is 7.20. The van der Waals surface area contributed by atoms with Crippen LogP contribution in [0.25, 0.3) is 11.3 Å². The number of nitro benzene ring substituents is 1. The maximum absolute atomic E-state index is 12.7. The molecule has 1 unspecified atom stereocenters. The van der Waals surface area contributed by atoms with Crippen molar-refractivity contribution >= 4 is 23.3 Å². The number of benzene rings is 2. The van der Waals surface area contributed by atoms with Crippen LogP contribution in [0, 0.1) is 10.1 Å². The number of anilines is 1. The van der Waals surface area contributed by atoms with Gasteiger partial charge in [-0.05, 0) is 49.2 Å². The van der Waals surface area contributed by atoms with Gasteiger partial charge in [-0.15, -0.1) is 0 Å². The Morgan fingerprint density at radius 3 is 2.59 bits per heavy atom. The van der Waals surface area contributed by atoms with Crippen LogP contribution in [0.5, 0.6) is 0 Å². The van der Waals surface area contributed by atoms with Crippen molar-refractivity contribution in [1.29, 1.82) is 0 Å². The summed E-state index contributed by atoms with van der Waals surface area (Å²) in [7, 11) is 0. The van der Waals surface area contributed by atoms with Crippen LogP contribution in [-0.4, -0.2) is 36.1 Å². The van der Waals surface area contributed by atoms with E-state index in [9.17, 15) is 19.7 Å². The van der Waals surface area contributed by atoms with Crippen molar-refractivity contribution in [3.05, 3.63) is 82.1 Å². The molecule has 1 amide bonds. The van der Waals surface area contributed by atoms with Crippen LogP contribution in [0.4, 0.5) is 11.4 Å². The van der Waals surface area contributed by atoms with E-state index in [1.165, 1.54) is 30.3 Å². The van der Waals surface area contributed by atoms with Crippen molar-refractivity contribution in [2.45, 2.75) is 18.9 Å². The van der Waals surface area contributed by atoms with Crippen LogP contribution in [0.3, 0.4) is 0 Å². The molecule has 1 atom stereocenters. The van der Waals surface area contributed by atoms with Crippen molar-refractivity contribution in [2.75, 3.05) is 18.5 Å². The third kappa shape index (κ3) is 4.84. The summed E-state index contributed by atoms with van der Waals surface area (Å²) in [4.78, 5) is 35.5. The van der Waals surface area contributed by atoms with Gasteiger partial charge in [-0.3, -0.25) is 14.9 Å². The van der Waals surface area contributed by atoms with E-state index in [4.69, 9.17) is 13.9 Å². The molecule has 1 N–H and O–H groups in total. The summed E-state index contributed by atoms with van der Waals surface area (Å²) in [6.45, 7) is 0.831. The monoisotopic (exact) mass is 436 g/mol. The predicted molar refractivity (Wildman–Crippen MR) is 114 cm³/mol. The Bertz CT molecular complexity index is 1130. The molecule has 0 saturated carbocycles. The Morgan fingerprint density at radius 1 is 1.09 bits per heavy atom. The summed E-state index contributed by atoms with van der Waals surface area (Å²) in [5, 5.41) is 13.5. The standard InChI is InChI=1S/C23H20N2O7/c26-22(21-12-11-20(32-21)15-7-9-16(10-8-15)25(28)29)24-19-6-2-1-5-18(19)23(27)31-14-17-4-3-13-30-17/h1-2,5-12,17H,3-4,13-14H2,(H,24,26). The molecule has 164 valence electrons. The van der Waals surface area contributed by atoms with Crippen molar-refractivity contribution in [2.24, 2.45) is 0 Å². The van der Waals surface area contributed by atoms with E-state index < -0.39 is 16.8 Å². The first kappa shape index (κ1) is 21.3. The second-order valence-corrected chi connectivity index (χ2v) is 7.20. The lowest BCUT2D eigenvalue weighted by molar-refractivity contribution is -0.384. The number of esters is 1. The molecule has 4 rings (SSSR count). The van der Waals surface area contributed by atoms with Crippen LogP contribution < -0.4 is 5.32 Å². The normalized spacial score (nSPS) is 15.3. The minimum absolute atomic E-state index is 0.0286. The summed E-state index contributed by atoms with van der Waals surface area (Å²) in [6.07, 6.45) is 1.70. The highest BCUT2D eigenvalue weighted by molar-refractivity contribution is 6.06. The number of carbonyl (C=O) groups is 2. The highest BCUT2D eigenvalue weighted by Gasteiger charge is 2.21. The molecule has 2 aromatic carbocycles. The number of nitro groups is 1. The Kier molecular flexibility index (Phi) is 6.27. The smallest absolute Gasteiger partial charge is 0.340 e. The quantitative estimate of drug-likeness (QED) is 0.330. The molecule has 3 aromatic rings. The topological polar surface area (TPSA) is 121 Å². The number of carbonyl (C=O) groups excluding carboxylic acids is 2. The molecule has 9 heteroatoms. The fraction of sp³-hybridized carbons (Fsp3) is 0.217. The average molecular weight is 436 g/mol. The number of hydrogen-bond acceptors (Lipinski definition) is 7. The Balaban J connectivity index is 1.44. The Morgan fingerprint density at radius 2 is 1.88 bits per heavy atom. The molecule has 0 bridgehead atoms. The molecule has 1 saturated heterocycles. The van der Waals surface area contributed by atoms with Gasteiger partial charge in [0.15, 0.2) is 5.76 Å². The van der Waals surface area contributed by atoms with E-state index in [2.05, 4.69) is 5.32 Å². The summed E-state index contributed by atoms with van der Waals surface area (Å²) >= 11 is 0. The number of amides is 1. The van der Waals surface area contributed by atoms with Gasteiger partial charge in [0, 0.05) is 24.3 Å². The third-order valence-corrected chi connectivity index (χ3v) is 5.01. The molecule has 0 aliphatic carbocycles. The molecule has 1 aliphatic heterocycles. The maximum Gasteiger partial charge on any atom is 0.340 e. The van der Waals surface area contributed by atoms with Crippen molar-refractivity contribution < 1.29 is 28.4 Å². The van der Waals surface area contributed by atoms with Crippen LogP contribution in [0.2, 0.25) is 0 Å². The molecular formula is C23H20N2O7. The number of ether oxygens (including phenoxy) is 2. The second kappa shape index (κ2) is 9.44. The lowest BCUT2D eigenvalue weighted by Gasteiger charge is -2.12. The first-order chi connectivity index (χ1) is 15.5. The first-order valence-electron chi connectivity index (χ1n) is 10.0. The molecule has 1 aromatic heterocycles. The van der Waals surface area contributed by atoms with E-state index in [1.807, 2.05) is 0 Å². The molecule has 0 spiro atoms. The lowest BCUT2D eigenvalue weighted by Crippen LogP contribution is -2.20. The van der Waals surface area contributed by atoms with Crippen molar-refractivity contribution in [3.8, 4) is 11.3 Å². The van der Waals surface area contributed by atoms with Crippen LogP contribution in [0.1, 0.15) is 33.8 Å². The molecule has 1 fully saturated rings. The largest absolute Gasteiger partial charge is 0.459 e. The molecule has 9 nitrogen and oxygen atoms in total. The van der Waals surface area contributed by atoms with Gasteiger partial charge in [-0.25, -0.2) is 4.79 Å². The van der Waals surface area contributed by atoms with Gasteiger partial charge in [-0.1, -0.05) is 12.1 Å². The minimum Gasteiger partial charge on any atom is -0.459 e. The SMILES string of the molecule is O=C(Nc1ccccc1C(=O)OCC1CCCO1)c1ccc(-c2ccc([N+](=O)[O-])cc2)o1. The minimum atomic E-state index is -0.553. The average Bonchev–Trinajstić information content (AvgIpc) is 3.50. The fourth-order valence-electron chi connectivity index (χ4n) is 3.34. The van der Waals surface area contributed by atoms with Gasteiger partial charge >= 0.3 is 5.97 Å². The zero-order valence-corrected chi connectivity index (χ0v) is 17.0. The van der Waals surface area contributed by atoms with Gasteiger partial charge in [0.1, 0.15) is 12.4 Å². The molecule has 1 aliphatic rings. The zero-order valence-electron chi connectivity index (χ0n) is 17.0. The van der Waals surface area contributed by atoms with Crippen molar-refractivity contribution in [1.82, 2.24) is 0 Å². The van der Waals surface area contributed by atoms with Crippen LogP contribution >= 0.6 is 0 Å². The highest BCUT2D eigenvalue weighted by atomic mass is 16.6. The summed E-state index contributed by atoms with van der Waals surface area (Å²) in [6, 6.07) is 15.4. The summed E-state index contributed by atoms with van der Waals surface area (Å²) in [5.74, 6) is -0.685. The van der Waals surface area contributed by atoms with E-state index in [-0.39, 0.29) is 29.7 Å². The number of furan rings is 1. The number of nitrogens with one attached hydrogen (secondary N) is 1. The molecule has 2 heterocycles. The van der Waals surface area contributed by atoms with Gasteiger partial charge in [0.25, 0.3) is 11.6 Å². The summed E-state index contributed by atoms with van der Waals surface area (Å²) < 4.78 is 16.4. The third-order valence-electron chi connectivity index (χ3n) is 5.01. The first-order valence-corrected chi connectivity index (χ1v) is 10.0. The Hall–Kier alpha value is -3.98. The van der Waals surface area contributed by atoms with E-state index in [0.29, 0.717) is 23.6 Å². The van der Waals surface area contributed by atoms with Gasteiger partial charge in [-0.2, -0.15) is 0 Å². The number of hydrogen-bond donors (Lipinski definition) is 1. The highest BCUT2D eigenvalue weighted by Crippen LogP contribution is 2.25. The van der Waals surface area contributed by atoms with Gasteiger partial charge in [0.05, 0.1) is 22.3 Å². The predicted octanol–water partition coefficient (Wildman–Crippen LogP) is 4.44. The van der Waals surface area contributed by atoms with Crippen molar-refractivity contribution in [3.63, 3.8) is 0 Å². The number of non-ortho nitro benzene ring substituents is 1. The molecule has 0 radical (unpaired) electrons. The van der Waals surface area contributed by atoms with E-state index >= 15 is 0 Å². The van der Waals surface area contributed by atoms with Crippen LogP contribution in [0.15, 0.2) is 65.1 Å². The van der Waals surface area contributed by atoms with E-state index in [0.717, 1.165) is 12.8 Å². The zero-order chi connectivity index (χ0) is 22.5. The maximum atomic E-state index is 12.7. The van der Waals surface area contributed by atoms with Gasteiger partial charge in [0.2, 0.25) is 0 Å². The van der Waals surface area contributed by atoms with E-state index in [1.54, 1.807) is 30.3 Å². The fourth-order valence-corrected chi connectivity index (χ4v) is 3.34. The number of rotatable bonds is 7. The summed E-state index contributed by atoms with van der Waals surface area (Å²) in [5.41, 5.74) is 1.07. The van der Waals surface area contributed by atoms with Gasteiger partial charge < -0.3 is 19.2 Å². The number of nitrogens with zero attached hydrogens (tertiary/aromatic N) is 1. The Labute approximate surface area is 183 Å². The molecule has 32 heavy (non-hydrogen) atoms. The molecular weight excluding hydrogens is 416 g/mol. The lowest BCUT2D eigenvalue weighted by atomic mass is 10.1.